The van der Waals surface area contributed by atoms with Gasteiger partial charge in [0.1, 0.15) is 17.1 Å². The number of rotatable bonds is 6. The fourth-order valence-electron chi connectivity index (χ4n) is 5.96. The Morgan fingerprint density at radius 1 is 1.17 bits per heavy atom. The average Bonchev–Trinajstić information content (AvgIpc) is 3.29. The number of ketones is 1. The first-order chi connectivity index (χ1) is 17.3. The van der Waals surface area contributed by atoms with E-state index in [0.29, 0.717) is 30.2 Å². The molecule has 1 aliphatic carbocycles. The van der Waals surface area contributed by atoms with Gasteiger partial charge in [-0.25, -0.2) is 4.79 Å². The predicted molar refractivity (Wildman–Crippen MR) is 137 cm³/mol. The number of esters is 1. The van der Waals surface area contributed by atoms with Crippen molar-refractivity contribution < 1.29 is 23.8 Å². The van der Waals surface area contributed by atoms with Crippen molar-refractivity contribution in [1.82, 2.24) is 9.80 Å². The molecule has 4 aliphatic rings. The summed E-state index contributed by atoms with van der Waals surface area (Å²) in [7, 11) is 3.11. The molecule has 36 heavy (non-hydrogen) atoms. The van der Waals surface area contributed by atoms with Crippen LogP contribution in [0.1, 0.15) is 55.5 Å². The standard InChI is InChI=1S/C29H36N2O5/c1-29(2)18-25(32)22-7-8-26(34-3)23(27(22)36-29)12-15-30-13-10-21(11-14-30)31-16-9-19-5-6-20(17-24(19)31)28(33)35-4/h5-9,16,21,24H,10-15,17-18H2,1-4H3. The molecule has 0 aromatic heterocycles. The number of ether oxygens (including phenoxy) is 3. The second kappa shape index (κ2) is 9.77. The Bertz CT molecular complexity index is 1140. The summed E-state index contributed by atoms with van der Waals surface area (Å²) in [5, 5.41) is 0. The molecule has 7 nitrogen and oxygen atoms in total. The molecule has 0 radical (unpaired) electrons. The minimum atomic E-state index is -0.512. The van der Waals surface area contributed by atoms with Crippen LogP contribution in [0.25, 0.3) is 0 Å². The Morgan fingerprint density at radius 2 is 1.94 bits per heavy atom. The summed E-state index contributed by atoms with van der Waals surface area (Å²) in [4.78, 5) is 29.7. The van der Waals surface area contributed by atoms with Gasteiger partial charge in [-0.3, -0.25) is 4.79 Å². The maximum absolute atomic E-state index is 12.7. The lowest BCUT2D eigenvalue weighted by Gasteiger charge is -2.41. The van der Waals surface area contributed by atoms with Crippen LogP contribution in [0.3, 0.4) is 0 Å². The summed E-state index contributed by atoms with van der Waals surface area (Å²) < 4.78 is 16.9. The third kappa shape index (κ3) is 4.69. The van der Waals surface area contributed by atoms with Crippen LogP contribution in [-0.2, 0) is 16.0 Å². The van der Waals surface area contributed by atoms with Crippen LogP contribution in [0.4, 0.5) is 0 Å². The van der Waals surface area contributed by atoms with E-state index in [1.54, 1.807) is 7.11 Å². The largest absolute Gasteiger partial charge is 0.496 e. The highest BCUT2D eigenvalue weighted by molar-refractivity contribution is 6.01. The summed E-state index contributed by atoms with van der Waals surface area (Å²) in [5.74, 6) is 1.37. The molecule has 0 spiro atoms. The molecule has 1 aromatic rings. The molecule has 3 aliphatic heterocycles. The number of likely N-dealkylation sites (tertiary alicyclic amines) is 1. The number of methoxy groups -OCH3 is 2. The first-order valence-electron chi connectivity index (χ1n) is 12.9. The van der Waals surface area contributed by atoms with Crippen molar-refractivity contribution in [3.8, 4) is 11.5 Å². The maximum Gasteiger partial charge on any atom is 0.333 e. The molecule has 1 unspecified atom stereocenters. The number of hydrogen-bond acceptors (Lipinski definition) is 7. The van der Waals surface area contributed by atoms with Gasteiger partial charge in [0, 0.05) is 49.4 Å². The average molecular weight is 493 g/mol. The van der Waals surface area contributed by atoms with Crippen LogP contribution in [-0.4, -0.2) is 73.1 Å². The van der Waals surface area contributed by atoms with E-state index < -0.39 is 5.60 Å². The molecule has 0 N–H and O–H groups in total. The number of hydrogen-bond donors (Lipinski definition) is 0. The predicted octanol–water partition coefficient (Wildman–Crippen LogP) is 4.07. The van der Waals surface area contributed by atoms with E-state index in [0.717, 1.165) is 55.8 Å². The minimum absolute atomic E-state index is 0.131. The van der Waals surface area contributed by atoms with E-state index in [1.165, 1.54) is 12.7 Å². The molecule has 3 heterocycles. The van der Waals surface area contributed by atoms with Crippen molar-refractivity contribution in [2.45, 2.75) is 63.6 Å². The normalized spacial score (nSPS) is 23.4. The van der Waals surface area contributed by atoms with Gasteiger partial charge < -0.3 is 24.0 Å². The first-order valence-corrected chi connectivity index (χ1v) is 12.9. The fraction of sp³-hybridized carbons (Fsp3) is 0.517. The van der Waals surface area contributed by atoms with Gasteiger partial charge in [-0.05, 0) is 56.9 Å². The number of nitrogens with zero attached hydrogens (tertiary/aromatic N) is 2. The van der Waals surface area contributed by atoms with E-state index in [2.05, 4.69) is 22.1 Å². The number of carbonyl (C=O) groups is 2. The number of carbonyl (C=O) groups excluding carboxylic acids is 2. The van der Waals surface area contributed by atoms with Crippen molar-refractivity contribution in [3.05, 3.63) is 58.8 Å². The molecule has 5 rings (SSSR count). The van der Waals surface area contributed by atoms with Crippen molar-refractivity contribution in [1.29, 1.82) is 0 Å². The van der Waals surface area contributed by atoms with E-state index in [1.807, 2.05) is 38.1 Å². The third-order valence-corrected chi connectivity index (χ3v) is 7.88. The Balaban J connectivity index is 1.21. The quantitative estimate of drug-likeness (QED) is 0.555. The van der Waals surface area contributed by atoms with Gasteiger partial charge in [0.2, 0.25) is 0 Å². The Labute approximate surface area is 213 Å². The summed E-state index contributed by atoms with van der Waals surface area (Å²) >= 11 is 0. The zero-order valence-electron chi connectivity index (χ0n) is 21.7. The second-order valence-electron chi connectivity index (χ2n) is 10.7. The first kappa shape index (κ1) is 24.6. The summed E-state index contributed by atoms with van der Waals surface area (Å²) in [6, 6.07) is 4.40. The number of Topliss-reactive ketones (excluding diaryl/α,β-unsaturated/α-hetero) is 1. The summed E-state index contributed by atoms with van der Waals surface area (Å²) in [6.45, 7) is 6.82. The van der Waals surface area contributed by atoms with Crippen LogP contribution < -0.4 is 9.47 Å². The maximum atomic E-state index is 12.7. The zero-order valence-corrected chi connectivity index (χ0v) is 21.7. The van der Waals surface area contributed by atoms with Crippen LogP contribution in [0.5, 0.6) is 11.5 Å². The number of allylic oxidation sites excluding steroid dienone is 2. The molecule has 0 amide bonds. The van der Waals surface area contributed by atoms with Crippen LogP contribution in [0.15, 0.2) is 47.7 Å². The molecule has 1 fully saturated rings. The molecular weight excluding hydrogens is 456 g/mol. The van der Waals surface area contributed by atoms with Crippen molar-refractivity contribution in [3.63, 3.8) is 0 Å². The molecular formula is C29H36N2O5. The summed E-state index contributed by atoms with van der Waals surface area (Å²) in [5.41, 5.74) is 3.15. The zero-order chi connectivity index (χ0) is 25.4. The van der Waals surface area contributed by atoms with E-state index in [4.69, 9.17) is 14.2 Å². The number of benzene rings is 1. The lowest BCUT2D eigenvalue weighted by molar-refractivity contribution is -0.136. The highest BCUT2D eigenvalue weighted by atomic mass is 16.5. The third-order valence-electron chi connectivity index (χ3n) is 7.88. The highest BCUT2D eigenvalue weighted by Crippen LogP contribution is 2.40. The van der Waals surface area contributed by atoms with Crippen molar-refractivity contribution in [2.75, 3.05) is 33.9 Å². The van der Waals surface area contributed by atoms with Gasteiger partial charge in [0.25, 0.3) is 0 Å². The molecule has 0 bridgehead atoms. The van der Waals surface area contributed by atoms with Gasteiger partial charge in [-0.15, -0.1) is 0 Å². The van der Waals surface area contributed by atoms with Crippen LogP contribution >= 0.6 is 0 Å². The van der Waals surface area contributed by atoms with Gasteiger partial charge in [0.05, 0.1) is 32.2 Å². The highest BCUT2D eigenvalue weighted by Gasteiger charge is 2.36. The lowest BCUT2D eigenvalue weighted by atomic mass is 9.90. The molecule has 1 atom stereocenters. The van der Waals surface area contributed by atoms with Crippen LogP contribution in [0, 0.1) is 0 Å². The topological polar surface area (TPSA) is 68.3 Å². The number of fused-ring (bicyclic) bond motifs is 2. The molecule has 1 saturated heterocycles. The number of piperidine rings is 1. The van der Waals surface area contributed by atoms with E-state index in [9.17, 15) is 9.59 Å². The monoisotopic (exact) mass is 492 g/mol. The molecule has 7 heteroatoms. The SMILES string of the molecule is COC(=O)C1=CC=C2C=CN(C3CCN(CCc4c(OC)ccc5c4OC(C)(C)CC5=O)CC3)C2C1. The minimum Gasteiger partial charge on any atom is -0.496 e. The van der Waals surface area contributed by atoms with Crippen molar-refractivity contribution >= 4 is 11.8 Å². The van der Waals surface area contributed by atoms with Gasteiger partial charge in [0.15, 0.2) is 5.78 Å². The summed E-state index contributed by atoms with van der Waals surface area (Å²) in [6.07, 6.45) is 12.3. The molecule has 1 aromatic carbocycles. The van der Waals surface area contributed by atoms with Crippen LogP contribution in [0.2, 0.25) is 0 Å². The Hall–Kier alpha value is -3.06. The van der Waals surface area contributed by atoms with E-state index >= 15 is 0 Å². The lowest BCUT2D eigenvalue weighted by Crippen LogP contribution is -2.46. The fourth-order valence-corrected chi connectivity index (χ4v) is 5.96. The van der Waals surface area contributed by atoms with Gasteiger partial charge in [-0.2, -0.15) is 0 Å². The van der Waals surface area contributed by atoms with Crippen molar-refractivity contribution in [2.24, 2.45) is 0 Å². The second-order valence-corrected chi connectivity index (χ2v) is 10.7. The van der Waals surface area contributed by atoms with Gasteiger partial charge >= 0.3 is 5.97 Å². The Kier molecular flexibility index (Phi) is 6.68. The van der Waals surface area contributed by atoms with E-state index in [-0.39, 0.29) is 17.8 Å². The van der Waals surface area contributed by atoms with Gasteiger partial charge in [-0.1, -0.05) is 12.2 Å². The molecule has 192 valence electrons. The Morgan fingerprint density at radius 3 is 2.67 bits per heavy atom. The smallest absolute Gasteiger partial charge is 0.333 e. The molecule has 0 saturated carbocycles.